The number of sulfone groups is 1. The van der Waals surface area contributed by atoms with Crippen LogP contribution in [0.25, 0.3) is 0 Å². The minimum Gasteiger partial charge on any atom is -0.466 e. The van der Waals surface area contributed by atoms with Crippen molar-refractivity contribution in [3.05, 3.63) is 0 Å². The summed E-state index contributed by atoms with van der Waals surface area (Å²) in [6.45, 7) is 39.2. The zero-order valence-electron chi connectivity index (χ0n) is 73.3. The van der Waals surface area contributed by atoms with Gasteiger partial charge in [0, 0.05) is 36.0 Å². The average Bonchev–Trinajstić information content (AvgIpc) is 1.52. The minimum atomic E-state index is -3.13. The molecule has 114 heavy (non-hydrogen) atoms. The van der Waals surface area contributed by atoms with Gasteiger partial charge in [-0.2, -0.15) is 25.3 Å². The highest BCUT2D eigenvalue weighted by Gasteiger charge is 2.72. The van der Waals surface area contributed by atoms with E-state index in [0.717, 1.165) is 167 Å². The molecule has 16 bridgehead atoms. The second-order valence-corrected chi connectivity index (χ2v) is 42.2. The predicted octanol–water partition coefficient (Wildman–Crippen LogP) is 17.4. The van der Waals surface area contributed by atoms with Crippen LogP contribution in [0.1, 0.15) is 298 Å². The summed E-state index contributed by atoms with van der Waals surface area (Å²) in [5.41, 5.74) is -0.00366. The maximum absolute atomic E-state index is 12.2. The number of hydrogen-bond donors (Lipinski definition) is 0. The molecule has 660 valence electrons. The van der Waals surface area contributed by atoms with Crippen LogP contribution in [0.3, 0.4) is 0 Å². The number of hydrogen-bond acceptors (Lipinski definition) is 21. The first kappa shape index (κ1) is 96.5. The van der Waals surface area contributed by atoms with Gasteiger partial charge in [0.25, 0.3) is 30.4 Å². The van der Waals surface area contributed by atoms with Crippen molar-refractivity contribution in [2.75, 3.05) is 50.3 Å². The maximum atomic E-state index is 12.2. The summed E-state index contributed by atoms with van der Waals surface area (Å²) in [4.78, 5) is 56.3. The van der Waals surface area contributed by atoms with Crippen molar-refractivity contribution in [2.24, 2.45) is 153 Å². The first-order valence-electron chi connectivity index (χ1n) is 46.8. The van der Waals surface area contributed by atoms with E-state index in [0.29, 0.717) is 121 Å². The van der Waals surface area contributed by atoms with E-state index in [1.54, 1.807) is 0 Å². The summed E-state index contributed by atoms with van der Waals surface area (Å²) >= 11 is 0. The molecule has 25 heteroatoms. The number of cyclic esters (lactones) is 4. The van der Waals surface area contributed by atoms with Gasteiger partial charge in [0.15, 0.2) is 0 Å². The van der Waals surface area contributed by atoms with E-state index in [9.17, 15) is 57.6 Å². The van der Waals surface area contributed by atoms with Crippen LogP contribution in [0.5, 0.6) is 0 Å². The molecule has 25 aliphatic rings. The molecule has 16 aliphatic carbocycles. The smallest absolute Gasteiger partial charge is 0.312 e. The lowest BCUT2D eigenvalue weighted by atomic mass is 9.60. The molecule has 16 saturated carbocycles. The van der Waals surface area contributed by atoms with Crippen molar-refractivity contribution in [3.63, 3.8) is 0 Å². The maximum Gasteiger partial charge on any atom is 0.312 e. The number of fused-ring (bicyclic) bond motifs is 30. The number of rotatable bonds is 0. The second kappa shape index (κ2) is 42.7. The molecule has 0 radical (unpaired) electrons. The fraction of sp³-hybridized carbons (Fsp3) is 0.944. The van der Waals surface area contributed by atoms with Gasteiger partial charge in [0.1, 0.15) is 15.9 Å². The van der Waals surface area contributed by atoms with Crippen molar-refractivity contribution >= 4 is 70.0 Å². The lowest BCUT2D eigenvalue weighted by Crippen LogP contribution is -2.42. The molecule has 1 spiro atoms. The van der Waals surface area contributed by atoms with Crippen LogP contribution in [0.2, 0.25) is 0 Å². The van der Waals surface area contributed by atoms with Gasteiger partial charge in [-0.15, -0.1) is 0 Å². The largest absolute Gasteiger partial charge is 0.466 e. The molecule has 9 heterocycles. The molecule has 31 atom stereocenters. The SMILES string of the molecule is CC.CC.CC.CC.CC.CC.CC.CC.CC.O=C1CCCO1.O=C1OC2CC3CC1C2C3.O=C1OCC2C3CC(C12)C1C2CCC(C2)C31.O=C1OCC2C3CCC(C3)C12.O=C1OCCC12CC1CC2C2C3CCC(C3)C12.O=S1(=O)CCCC1.O=S1(=O)CCCO1.O=S1(=O)OC2CC3CC2C1C3.O=S1(=O)OC2CC3CC2C1C3. The Kier molecular flexibility index (Phi) is 36.1. The van der Waals surface area contributed by atoms with Crippen molar-refractivity contribution in [1.82, 2.24) is 0 Å². The topological polar surface area (TPSA) is 296 Å². The van der Waals surface area contributed by atoms with E-state index in [1.165, 1.54) is 83.5 Å². The van der Waals surface area contributed by atoms with E-state index >= 15 is 0 Å². The molecule has 25 rings (SSSR count). The highest BCUT2D eigenvalue weighted by molar-refractivity contribution is 7.91. The van der Waals surface area contributed by atoms with Gasteiger partial charge in [0.05, 0.1) is 96.2 Å². The third-order valence-electron chi connectivity index (χ3n) is 30.4. The zero-order chi connectivity index (χ0) is 84.1. The second-order valence-electron chi connectivity index (χ2n) is 34.6. The van der Waals surface area contributed by atoms with Gasteiger partial charge in [-0.05, 0) is 268 Å². The Labute approximate surface area is 690 Å². The number of carbonyl (C=O) groups excluding carboxylic acids is 5. The fourth-order valence-corrected chi connectivity index (χ4v) is 33.5. The number of carbonyl (C=O) groups is 5. The lowest BCUT2D eigenvalue weighted by molar-refractivity contribution is -0.151. The van der Waals surface area contributed by atoms with Crippen LogP contribution < -0.4 is 0 Å². The summed E-state index contributed by atoms with van der Waals surface area (Å²) in [6, 6.07) is 0. The highest BCUT2D eigenvalue weighted by atomic mass is 32.2. The Bertz CT molecular complexity index is 3430. The van der Waals surface area contributed by atoms with Crippen LogP contribution in [-0.4, -0.2) is 143 Å². The third kappa shape index (κ3) is 19.9. The standard InChI is InChI=1S/C15H20O2.C14H18O2.C9H12O2.C8H10O2.2C7H10O3S.C4H8O2S.C4H6O2.C3H6O3S.9C2H6/c16-14-15(3-4-17-14)7-10-6-11(15)13-9-2-1-8(5-9)12(10)13;15-14-13-9-4-8(10(13)5-16-14)11-6-1-2-7(3-6)12(9)11;10-9-8-6-2-1-5(3-6)7(8)4-11-9;9-8-6-2-4-1-5(6)7(3-4)10-8;2*8-11(9)7-3-4-1-5(7)6(2-4)10-11;5-7(6)3-1-2-4-7;5-4-2-1-3-6-4;4-7(5)3-1-2-6-7;9*1-2/h8-13H,1-7H2;6-13H,1-5H2;5-8H,1-4H2;4-7H,1-3H2;2*4-7H,1-3H2;1-4H2;1-3H2;1-3H2;9*1-2H3. The summed E-state index contributed by atoms with van der Waals surface area (Å²) in [6.07, 6.45) is 31.6. The average molecular weight is 1690 g/mol. The van der Waals surface area contributed by atoms with Crippen LogP contribution in [0.15, 0.2) is 0 Å². The Morgan fingerprint density at radius 2 is 0.833 bits per heavy atom. The van der Waals surface area contributed by atoms with Gasteiger partial charge in [-0.1, -0.05) is 125 Å². The predicted molar refractivity (Wildman–Crippen MR) is 444 cm³/mol. The summed E-state index contributed by atoms with van der Waals surface area (Å²) in [5, 5.41) is -0.266. The molecule has 21 nitrogen and oxygen atoms in total. The van der Waals surface area contributed by atoms with Crippen LogP contribution in [-0.2, 0) is 100 Å². The molecule has 9 saturated heterocycles. The summed E-state index contributed by atoms with van der Waals surface area (Å²) in [7, 11) is -11.9. The molecule has 31 unspecified atom stereocenters. The van der Waals surface area contributed by atoms with E-state index in [-0.39, 0.29) is 63.7 Å². The Morgan fingerprint density at radius 3 is 1.25 bits per heavy atom. The first-order valence-corrected chi connectivity index (χ1v) is 53.1. The van der Waals surface area contributed by atoms with Crippen molar-refractivity contribution < 1.29 is 93.9 Å². The highest BCUT2D eigenvalue weighted by Crippen LogP contribution is 2.74. The first-order chi connectivity index (χ1) is 55.0. The third-order valence-corrected chi connectivity index (χ3v) is 37.1. The van der Waals surface area contributed by atoms with Crippen molar-refractivity contribution in [1.29, 1.82) is 0 Å². The van der Waals surface area contributed by atoms with E-state index in [1.807, 2.05) is 125 Å². The molecule has 9 aliphatic heterocycles. The van der Waals surface area contributed by atoms with E-state index < -0.39 is 40.2 Å². The minimum absolute atomic E-state index is 0.00366. The molecule has 0 aromatic carbocycles. The molecule has 0 amide bonds. The van der Waals surface area contributed by atoms with E-state index in [4.69, 9.17) is 27.3 Å². The van der Waals surface area contributed by atoms with Gasteiger partial charge < -0.3 is 23.7 Å². The molecule has 0 aromatic heterocycles. The number of ether oxygens (including phenoxy) is 5. The van der Waals surface area contributed by atoms with Gasteiger partial charge >= 0.3 is 29.8 Å². The van der Waals surface area contributed by atoms with Crippen LogP contribution in [0.4, 0.5) is 0 Å². The molecule has 25 fully saturated rings. The Morgan fingerprint density at radius 1 is 0.351 bits per heavy atom. The van der Waals surface area contributed by atoms with E-state index in [2.05, 4.69) is 8.92 Å². The summed E-state index contributed by atoms with van der Waals surface area (Å²) in [5.74, 6) is 19.7. The quantitative estimate of drug-likeness (QED) is 0.0942. The normalized spacial score (nSPS) is 44.5. The monoisotopic (exact) mass is 1690 g/mol. The van der Waals surface area contributed by atoms with Crippen LogP contribution >= 0.6 is 0 Å². The van der Waals surface area contributed by atoms with Gasteiger partial charge in [-0.3, -0.25) is 36.5 Å². The van der Waals surface area contributed by atoms with Crippen LogP contribution in [0, 0.1) is 153 Å². The molecule has 0 aromatic rings. The lowest BCUT2D eigenvalue weighted by Gasteiger charge is -2.42. The molecular weight excluding hydrogens is 1530 g/mol. The Hall–Kier alpha value is -2.97. The van der Waals surface area contributed by atoms with Gasteiger partial charge in [0.2, 0.25) is 0 Å². The van der Waals surface area contributed by atoms with Crippen molar-refractivity contribution in [3.8, 4) is 0 Å². The molecule has 0 N–H and O–H groups in total. The van der Waals surface area contributed by atoms with Crippen molar-refractivity contribution in [2.45, 2.75) is 327 Å². The van der Waals surface area contributed by atoms with Gasteiger partial charge in [-0.25, -0.2) is 8.42 Å². The summed E-state index contributed by atoms with van der Waals surface area (Å²) < 4.78 is 126. The number of esters is 5. The zero-order valence-corrected chi connectivity index (χ0v) is 76.5. The molecular formula is C89H154O21S4. The fourth-order valence-electron chi connectivity index (χ4n) is 27.1. The Balaban J connectivity index is 0.000000159.